The number of unbranched alkanes of at least 4 members (excludes halogenated alkanes) is 1. The fourth-order valence-electron chi connectivity index (χ4n) is 3.07. The van der Waals surface area contributed by atoms with Crippen LogP contribution in [0.3, 0.4) is 0 Å². The zero-order chi connectivity index (χ0) is 19.8. The summed E-state index contributed by atoms with van der Waals surface area (Å²) >= 11 is 0. The van der Waals surface area contributed by atoms with Gasteiger partial charge in [0.25, 0.3) is 5.91 Å². The lowest BCUT2D eigenvalue weighted by molar-refractivity contribution is -0.143. The number of carbonyl (C=O) groups excluding carboxylic acids is 1. The maximum absolute atomic E-state index is 12.8. The molecule has 6 nitrogen and oxygen atoms in total. The maximum Gasteiger partial charge on any atom is 0.290 e. The van der Waals surface area contributed by atoms with Crippen molar-refractivity contribution in [3.8, 4) is 0 Å². The second kappa shape index (κ2) is 9.92. The van der Waals surface area contributed by atoms with Gasteiger partial charge in [-0.15, -0.1) is 0 Å². The van der Waals surface area contributed by atoms with E-state index in [-0.39, 0.29) is 24.2 Å². The predicted octanol–water partition coefficient (Wildman–Crippen LogP) is 3.41. The predicted molar refractivity (Wildman–Crippen MR) is 109 cm³/mol. The molecular formula is C22H26N2O4. The van der Waals surface area contributed by atoms with Crippen molar-refractivity contribution < 1.29 is 19.4 Å². The summed E-state index contributed by atoms with van der Waals surface area (Å²) in [6.07, 6.45) is 3.33. The second-order valence-electron chi connectivity index (χ2n) is 6.67. The van der Waals surface area contributed by atoms with Crippen LogP contribution in [0.25, 0.3) is 0 Å². The lowest BCUT2D eigenvalue weighted by atomic mass is 9.93. The molecule has 3 rings (SSSR count). The second-order valence-corrected chi connectivity index (χ2v) is 6.67. The van der Waals surface area contributed by atoms with E-state index in [1.54, 1.807) is 12.1 Å². The van der Waals surface area contributed by atoms with E-state index < -0.39 is 6.29 Å². The van der Waals surface area contributed by atoms with Gasteiger partial charge in [-0.3, -0.25) is 4.79 Å². The summed E-state index contributed by atoms with van der Waals surface area (Å²) in [5.41, 5.74) is 8.05. The van der Waals surface area contributed by atoms with Crippen molar-refractivity contribution >= 4 is 17.3 Å². The third-order valence-corrected chi connectivity index (χ3v) is 4.57. The van der Waals surface area contributed by atoms with Gasteiger partial charge in [-0.05, 0) is 36.6 Å². The Balaban J connectivity index is 1.75. The molecule has 0 fully saturated rings. The van der Waals surface area contributed by atoms with Crippen LogP contribution in [0.15, 0.2) is 66.4 Å². The monoisotopic (exact) mass is 382 g/mol. The summed E-state index contributed by atoms with van der Waals surface area (Å²) in [6.45, 7) is 0.598. The molecule has 0 radical (unpaired) electrons. The molecule has 28 heavy (non-hydrogen) atoms. The first kappa shape index (κ1) is 19.9. The maximum atomic E-state index is 12.8. The first-order valence-corrected chi connectivity index (χ1v) is 9.49. The van der Waals surface area contributed by atoms with Gasteiger partial charge in [0.1, 0.15) is 0 Å². The molecule has 0 saturated heterocycles. The minimum atomic E-state index is -0.525. The van der Waals surface area contributed by atoms with Gasteiger partial charge in [-0.25, -0.2) is 0 Å². The topological polar surface area (TPSA) is 93.8 Å². The average Bonchev–Trinajstić information content (AvgIpc) is 2.73. The number of aliphatic hydroxyl groups excluding tert-OH is 1. The third-order valence-electron chi connectivity index (χ3n) is 4.57. The highest BCUT2D eigenvalue weighted by atomic mass is 16.7. The largest absolute Gasteiger partial charge is 0.459 e. The molecule has 0 saturated carbocycles. The zero-order valence-electron chi connectivity index (χ0n) is 15.7. The SMILES string of the molecule is Nc1ccccc1NC(=O)C1=C[C@@H](c2ccccc2)C[C@@H](OCCCCO)O1. The third kappa shape index (κ3) is 5.34. The van der Waals surface area contributed by atoms with Gasteiger partial charge in [0.15, 0.2) is 5.76 Å². The molecule has 0 aromatic heterocycles. The number of carbonyl (C=O) groups is 1. The minimum absolute atomic E-state index is 0.00617. The highest BCUT2D eigenvalue weighted by molar-refractivity contribution is 6.04. The number of ether oxygens (including phenoxy) is 2. The molecule has 148 valence electrons. The smallest absolute Gasteiger partial charge is 0.290 e. The molecule has 4 N–H and O–H groups in total. The van der Waals surface area contributed by atoms with Crippen LogP contribution in [-0.2, 0) is 14.3 Å². The van der Waals surface area contributed by atoms with Crippen molar-refractivity contribution in [2.75, 3.05) is 24.3 Å². The molecule has 0 unspecified atom stereocenters. The first-order valence-electron chi connectivity index (χ1n) is 9.49. The molecule has 1 aliphatic heterocycles. The number of rotatable bonds is 8. The molecule has 1 aliphatic rings. The van der Waals surface area contributed by atoms with Crippen LogP contribution in [-0.4, -0.2) is 30.5 Å². The van der Waals surface area contributed by atoms with Crippen molar-refractivity contribution in [1.82, 2.24) is 0 Å². The zero-order valence-corrected chi connectivity index (χ0v) is 15.7. The molecule has 2 atom stereocenters. The quantitative estimate of drug-likeness (QED) is 0.480. The number of nitrogens with one attached hydrogen (secondary N) is 1. The van der Waals surface area contributed by atoms with Crippen molar-refractivity contribution in [3.63, 3.8) is 0 Å². The van der Waals surface area contributed by atoms with E-state index >= 15 is 0 Å². The fraction of sp³-hybridized carbons (Fsp3) is 0.318. The molecule has 1 heterocycles. The van der Waals surface area contributed by atoms with Crippen molar-refractivity contribution in [2.45, 2.75) is 31.5 Å². The Hall–Kier alpha value is -2.83. The summed E-state index contributed by atoms with van der Waals surface area (Å²) in [5, 5.41) is 11.7. The number of allylic oxidation sites excluding steroid dienone is 1. The van der Waals surface area contributed by atoms with Gasteiger partial charge in [0.05, 0.1) is 18.0 Å². The average molecular weight is 382 g/mol. The number of hydrogen-bond donors (Lipinski definition) is 3. The Bertz CT molecular complexity index is 807. The van der Waals surface area contributed by atoms with Crippen LogP contribution >= 0.6 is 0 Å². The Labute approximate surface area is 165 Å². The number of anilines is 2. The number of aliphatic hydroxyl groups is 1. The lowest BCUT2D eigenvalue weighted by Gasteiger charge is -2.29. The molecule has 0 bridgehead atoms. The van der Waals surface area contributed by atoms with Crippen molar-refractivity contribution in [2.24, 2.45) is 0 Å². The van der Waals surface area contributed by atoms with Crippen LogP contribution in [0, 0.1) is 0 Å². The molecule has 2 aromatic rings. The number of amides is 1. The van der Waals surface area contributed by atoms with Crippen LogP contribution in [0.2, 0.25) is 0 Å². The van der Waals surface area contributed by atoms with E-state index in [0.29, 0.717) is 30.8 Å². The first-order chi connectivity index (χ1) is 13.7. The number of benzene rings is 2. The molecule has 0 aliphatic carbocycles. The van der Waals surface area contributed by atoms with Gasteiger partial charge >= 0.3 is 0 Å². The van der Waals surface area contributed by atoms with Crippen LogP contribution in [0.4, 0.5) is 11.4 Å². The van der Waals surface area contributed by atoms with Crippen molar-refractivity contribution in [1.29, 1.82) is 0 Å². The minimum Gasteiger partial charge on any atom is -0.459 e. The summed E-state index contributed by atoms with van der Waals surface area (Å²) in [4.78, 5) is 12.8. The van der Waals surface area contributed by atoms with E-state index in [2.05, 4.69) is 5.32 Å². The highest BCUT2D eigenvalue weighted by Gasteiger charge is 2.28. The van der Waals surface area contributed by atoms with Gasteiger partial charge in [-0.2, -0.15) is 0 Å². The summed E-state index contributed by atoms with van der Waals surface area (Å²) in [7, 11) is 0. The number of nitrogens with two attached hydrogens (primary N) is 1. The number of hydrogen-bond acceptors (Lipinski definition) is 5. The molecule has 1 amide bonds. The number of para-hydroxylation sites is 2. The Kier molecular flexibility index (Phi) is 7.06. The molecule has 0 spiro atoms. The molecular weight excluding hydrogens is 356 g/mol. The van der Waals surface area contributed by atoms with Gasteiger partial charge in [-0.1, -0.05) is 42.5 Å². The summed E-state index contributed by atoms with van der Waals surface area (Å²) < 4.78 is 11.6. The standard InChI is InChI=1S/C22H26N2O4/c23-18-10-4-5-11-19(18)24-22(26)20-14-17(16-8-2-1-3-9-16)15-21(28-20)27-13-7-6-12-25/h1-5,8-11,14,17,21,25H,6-7,12-13,15,23H2,(H,24,26)/t17-,21+/m1/s1. The van der Waals surface area contributed by atoms with Crippen LogP contribution < -0.4 is 11.1 Å². The van der Waals surface area contributed by atoms with E-state index in [1.165, 1.54) is 0 Å². The van der Waals surface area contributed by atoms with E-state index in [1.807, 2.05) is 48.5 Å². The van der Waals surface area contributed by atoms with E-state index in [9.17, 15) is 4.79 Å². The Morgan fingerprint density at radius 1 is 1.14 bits per heavy atom. The Morgan fingerprint density at radius 3 is 2.64 bits per heavy atom. The number of nitrogen functional groups attached to an aromatic ring is 1. The summed E-state index contributed by atoms with van der Waals surface area (Å²) in [6, 6.07) is 17.0. The van der Waals surface area contributed by atoms with Crippen LogP contribution in [0.1, 0.15) is 30.7 Å². The normalized spacial score (nSPS) is 18.8. The summed E-state index contributed by atoms with van der Waals surface area (Å²) in [5.74, 6) is -0.135. The van der Waals surface area contributed by atoms with E-state index in [4.69, 9.17) is 20.3 Å². The highest BCUT2D eigenvalue weighted by Crippen LogP contribution is 2.32. The van der Waals surface area contributed by atoms with Gasteiger partial charge in [0.2, 0.25) is 6.29 Å². The lowest BCUT2D eigenvalue weighted by Crippen LogP contribution is -2.29. The Morgan fingerprint density at radius 2 is 1.89 bits per heavy atom. The molecule has 6 heteroatoms. The van der Waals surface area contributed by atoms with Crippen LogP contribution in [0.5, 0.6) is 0 Å². The van der Waals surface area contributed by atoms with Crippen molar-refractivity contribution in [3.05, 3.63) is 72.0 Å². The fourth-order valence-corrected chi connectivity index (χ4v) is 3.07. The molecule has 2 aromatic carbocycles. The van der Waals surface area contributed by atoms with E-state index in [0.717, 1.165) is 12.0 Å². The van der Waals surface area contributed by atoms with Gasteiger partial charge < -0.3 is 25.6 Å². The van der Waals surface area contributed by atoms with Gasteiger partial charge in [0, 0.05) is 18.9 Å².